The molecule has 0 aliphatic carbocycles. The molecule has 1 aliphatic rings. The van der Waals surface area contributed by atoms with Crippen molar-refractivity contribution in [3.05, 3.63) is 92.3 Å². The van der Waals surface area contributed by atoms with E-state index in [1.165, 1.54) is 42.5 Å². The van der Waals surface area contributed by atoms with Gasteiger partial charge in [-0.3, -0.25) is 9.69 Å². The summed E-state index contributed by atoms with van der Waals surface area (Å²) in [5, 5.41) is 0.258. The molecule has 1 fully saturated rings. The van der Waals surface area contributed by atoms with Crippen LogP contribution in [0.1, 0.15) is 59.9 Å². The molecule has 1 aliphatic heterocycles. The number of ether oxygens (including phenoxy) is 3. The Morgan fingerprint density at radius 3 is 2.30 bits per heavy atom. The Bertz CT molecular complexity index is 1710. The van der Waals surface area contributed by atoms with E-state index in [0.717, 1.165) is 25.7 Å². The summed E-state index contributed by atoms with van der Waals surface area (Å²) in [5.74, 6) is -2.74. The lowest BCUT2D eigenvalue weighted by Crippen LogP contribution is -2.25. The summed E-state index contributed by atoms with van der Waals surface area (Å²) >= 11 is 6.05. The predicted octanol–water partition coefficient (Wildman–Crippen LogP) is 8.56. The van der Waals surface area contributed by atoms with E-state index in [2.05, 4.69) is 4.90 Å². The Hall–Kier alpha value is -4.02. The fraction of sp³-hybridized carbons (Fsp3) is 0.333. The number of rotatable bonds is 8. The predicted molar refractivity (Wildman–Crippen MR) is 160 cm³/mol. The van der Waals surface area contributed by atoms with Gasteiger partial charge in [-0.2, -0.15) is 13.2 Å². The van der Waals surface area contributed by atoms with Gasteiger partial charge in [0.15, 0.2) is 0 Å². The van der Waals surface area contributed by atoms with Crippen LogP contribution in [0.3, 0.4) is 0 Å². The molecule has 5 rings (SSSR count). The van der Waals surface area contributed by atoms with E-state index in [0.29, 0.717) is 36.0 Å². The second kappa shape index (κ2) is 13.3. The topological polar surface area (TPSA) is 78.2 Å². The van der Waals surface area contributed by atoms with Gasteiger partial charge in [0.1, 0.15) is 22.8 Å². The summed E-state index contributed by atoms with van der Waals surface area (Å²) in [6, 6.07) is 13.3. The van der Waals surface area contributed by atoms with Crippen molar-refractivity contribution in [1.82, 2.24) is 4.90 Å². The number of benzene rings is 3. The number of hydrogen-bond acceptors (Lipinski definition) is 7. The lowest BCUT2D eigenvalue weighted by Gasteiger charge is -2.22. The van der Waals surface area contributed by atoms with Crippen LogP contribution in [0.5, 0.6) is 23.0 Å². The summed E-state index contributed by atoms with van der Waals surface area (Å²) in [4.78, 5) is 28.8. The van der Waals surface area contributed by atoms with Crippen LogP contribution in [-0.4, -0.2) is 30.6 Å². The first-order valence-electron chi connectivity index (χ1n) is 14.4. The molecule has 0 radical (unpaired) electrons. The van der Waals surface area contributed by atoms with Crippen LogP contribution in [0.15, 0.2) is 63.8 Å². The van der Waals surface area contributed by atoms with Gasteiger partial charge in [-0.15, -0.1) is 0 Å². The van der Waals surface area contributed by atoms with Crippen LogP contribution in [0.4, 0.5) is 13.2 Å². The standard InChI is InChI=1S/C33H31ClF3NO6/c1-3-41-22-10-8-21(9-11-22)32(40)43-27-15-13-24-28(39)30(42-23-12-14-26(34)20(2)18-23)31(33(35,36)37)44-29(24)25(27)19-38-16-6-4-5-7-17-38/h8-15,18H,3-7,16-17,19H2,1-2H3. The largest absolute Gasteiger partial charge is 0.494 e. The van der Waals surface area contributed by atoms with Crippen molar-refractivity contribution in [3.63, 3.8) is 0 Å². The second-order valence-corrected chi connectivity index (χ2v) is 11.0. The Morgan fingerprint density at radius 2 is 1.66 bits per heavy atom. The van der Waals surface area contributed by atoms with Crippen LogP contribution < -0.4 is 19.6 Å². The number of hydrogen-bond donors (Lipinski definition) is 0. The van der Waals surface area contributed by atoms with Crippen molar-refractivity contribution < 1.29 is 36.6 Å². The van der Waals surface area contributed by atoms with Crippen molar-refractivity contribution in [2.45, 2.75) is 52.3 Å². The van der Waals surface area contributed by atoms with Crippen LogP contribution in [-0.2, 0) is 12.7 Å². The minimum atomic E-state index is -5.07. The Balaban J connectivity index is 1.62. The third-order valence-electron chi connectivity index (χ3n) is 7.37. The molecule has 2 heterocycles. The number of esters is 1. The highest BCUT2D eigenvalue weighted by Gasteiger charge is 2.41. The van der Waals surface area contributed by atoms with E-state index < -0.39 is 29.1 Å². The first-order chi connectivity index (χ1) is 21.0. The normalized spacial score (nSPS) is 14.3. The second-order valence-electron chi connectivity index (χ2n) is 10.6. The molecule has 7 nitrogen and oxygen atoms in total. The quantitative estimate of drug-likeness (QED) is 0.143. The SMILES string of the molecule is CCOc1ccc(C(=O)Oc2ccc3c(=O)c(Oc4ccc(Cl)c(C)c4)c(C(F)(F)F)oc3c2CN2CCCCCC2)cc1. The summed E-state index contributed by atoms with van der Waals surface area (Å²) in [7, 11) is 0. The van der Waals surface area contributed by atoms with Gasteiger partial charge < -0.3 is 18.6 Å². The van der Waals surface area contributed by atoms with E-state index in [1.807, 2.05) is 6.92 Å². The molecule has 0 saturated carbocycles. The zero-order valence-corrected chi connectivity index (χ0v) is 25.0. The Labute approximate surface area is 257 Å². The smallest absolute Gasteiger partial charge is 0.453 e. The maximum atomic E-state index is 14.4. The Kier molecular flexibility index (Phi) is 9.51. The van der Waals surface area contributed by atoms with Gasteiger partial charge >= 0.3 is 12.1 Å². The molecule has 11 heteroatoms. The minimum Gasteiger partial charge on any atom is -0.494 e. The highest BCUT2D eigenvalue weighted by molar-refractivity contribution is 6.31. The van der Waals surface area contributed by atoms with E-state index in [4.69, 9.17) is 30.2 Å². The number of carbonyl (C=O) groups excluding carboxylic acids is 1. The maximum Gasteiger partial charge on any atom is 0.453 e. The van der Waals surface area contributed by atoms with Crippen LogP contribution >= 0.6 is 11.6 Å². The molecule has 44 heavy (non-hydrogen) atoms. The molecule has 0 N–H and O–H groups in total. The van der Waals surface area contributed by atoms with E-state index in [9.17, 15) is 22.8 Å². The average Bonchev–Trinajstić information content (AvgIpc) is 3.26. The fourth-order valence-corrected chi connectivity index (χ4v) is 5.25. The molecular formula is C33H31ClF3NO6. The number of aryl methyl sites for hydroxylation is 1. The van der Waals surface area contributed by atoms with E-state index in [-0.39, 0.29) is 40.1 Å². The van der Waals surface area contributed by atoms with Crippen molar-refractivity contribution in [3.8, 4) is 23.0 Å². The number of fused-ring (bicyclic) bond motifs is 1. The molecule has 4 aromatic rings. The van der Waals surface area contributed by atoms with Gasteiger partial charge in [0.05, 0.1) is 23.1 Å². The average molecular weight is 630 g/mol. The summed E-state index contributed by atoms with van der Waals surface area (Å²) < 4.78 is 65.5. The Morgan fingerprint density at radius 1 is 0.977 bits per heavy atom. The monoisotopic (exact) mass is 629 g/mol. The summed E-state index contributed by atoms with van der Waals surface area (Å²) in [6.07, 6.45) is -1.20. The molecule has 0 unspecified atom stereocenters. The molecule has 1 aromatic heterocycles. The zero-order chi connectivity index (χ0) is 31.4. The number of halogens is 4. The van der Waals surface area contributed by atoms with Gasteiger partial charge in [-0.25, -0.2) is 4.79 Å². The number of alkyl halides is 3. The van der Waals surface area contributed by atoms with Gasteiger partial charge in [-0.1, -0.05) is 24.4 Å². The van der Waals surface area contributed by atoms with Crippen molar-refractivity contribution >= 4 is 28.5 Å². The molecule has 0 bridgehead atoms. The van der Waals surface area contributed by atoms with Crippen molar-refractivity contribution in [2.75, 3.05) is 19.7 Å². The van der Waals surface area contributed by atoms with E-state index in [1.54, 1.807) is 19.1 Å². The van der Waals surface area contributed by atoms with Crippen molar-refractivity contribution in [2.24, 2.45) is 0 Å². The van der Waals surface area contributed by atoms with Gasteiger partial charge in [0.25, 0.3) is 5.76 Å². The van der Waals surface area contributed by atoms with Gasteiger partial charge in [-0.05, 0) is 99.9 Å². The number of carbonyl (C=O) groups is 1. The van der Waals surface area contributed by atoms with Crippen molar-refractivity contribution in [1.29, 1.82) is 0 Å². The zero-order valence-electron chi connectivity index (χ0n) is 24.3. The van der Waals surface area contributed by atoms with Gasteiger partial charge in [0.2, 0.25) is 11.2 Å². The lowest BCUT2D eigenvalue weighted by atomic mass is 10.1. The molecular weight excluding hydrogens is 599 g/mol. The molecule has 0 spiro atoms. The van der Waals surface area contributed by atoms with Crippen LogP contribution in [0.2, 0.25) is 5.02 Å². The third-order valence-corrected chi connectivity index (χ3v) is 7.79. The molecule has 1 saturated heterocycles. The first-order valence-corrected chi connectivity index (χ1v) is 14.7. The molecule has 0 atom stereocenters. The lowest BCUT2D eigenvalue weighted by molar-refractivity contribution is -0.154. The number of nitrogens with zero attached hydrogens (tertiary/aromatic N) is 1. The minimum absolute atomic E-state index is 0.00102. The molecule has 3 aromatic carbocycles. The summed E-state index contributed by atoms with van der Waals surface area (Å²) in [6.45, 7) is 5.45. The highest BCUT2D eigenvalue weighted by Crippen LogP contribution is 2.41. The maximum absolute atomic E-state index is 14.4. The molecule has 232 valence electrons. The van der Waals surface area contributed by atoms with Crippen LogP contribution in [0, 0.1) is 6.92 Å². The third kappa shape index (κ3) is 7.03. The van der Waals surface area contributed by atoms with Crippen LogP contribution in [0.25, 0.3) is 11.0 Å². The highest BCUT2D eigenvalue weighted by atomic mass is 35.5. The molecule has 0 amide bonds. The van der Waals surface area contributed by atoms with E-state index >= 15 is 0 Å². The fourth-order valence-electron chi connectivity index (χ4n) is 5.13. The summed E-state index contributed by atoms with van der Waals surface area (Å²) in [5.41, 5.74) is -0.383. The number of likely N-dealkylation sites (tertiary alicyclic amines) is 1. The first kappa shape index (κ1) is 31.4. The van der Waals surface area contributed by atoms with Gasteiger partial charge in [0, 0.05) is 11.6 Å².